The maximum atomic E-state index is 6.18. The second-order valence-electron chi connectivity index (χ2n) is 4.12. The number of halogens is 1. The first-order valence-corrected chi connectivity index (χ1v) is 6.94. The van der Waals surface area contributed by atoms with Crippen LogP contribution in [0.4, 0.5) is 0 Å². The molecule has 96 valence electrons. The van der Waals surface area contributed by atoms with Crippen molar-refractivity contribution in [1.29, 1.82) is 0 Å². The Bertz CT molecular complexity index is 310. The van der Waals surface area contributed by atoms with Crippen LogP contribution < -0.4 is 5.73 Å². The van der Waals surface area contributed by atoms with Crippen molar-refractivity contribution in [3.05, 3.63) is 28.5 Å². The third kappa shape index (κ3) is 5.15. The van der Waals surface area contributed by atoms with E-state index >= 15 is 0 Å². The lowest BCUT2D eigenvalue weighted by Crippen LogP contribution is -2.38. The maximum absolute atomic E-state index is 6.18. The number of aromatic nitrogens is 1. The first-order valence-electron chi connectivity index (χ1n) is 6.15. The van der Waals surface area contributed by atoms with Crippen molar-refractivity contribution in [3.63, 3.8) is 0 Å². The van der Waals surface area contributed by atoms with Crippen molar-refractivity contribution in [1.82, 2.24) is 4.98 Å². The van der Waals surface area contributed by atoms with E-state index in [2.05, 4.69) is 27.8 Å². The fourth-order valence-electron chi connectivity index (χ4n) is 1.82. The molecular formula is C13H21BrN2O. The average Bonchev–Trinajstić information content (AvgIpc) is 2.32. The van der Waals surface area contributed by atoms with E-state index in [1.165, 1.54) is 0 Å². The molecule has 2 N–H and O–H groups in total. The molecule has 4 heteroatoms. The second kappa shape index (κ2) is 7.80. The van der Waals surface area contributed by atoms with E-state index in [0.29, 0.717) is 6.61 Å². The van der Waals surface area contributed by atoms with E-state index < -0.39 is 0 Å². The fraction of sp³-hybridized carbons (Fsp3) is 0.615. The van der Waals surface area contributed by atoms with Crippen LogP contribution in [0.2, 0.25) is 0 Å². The van der Waals surface area contributed by atoms with Gasteiger partial charge in [0.25, 0.3) is 0 Å². The van der Waals surface area contributed by atoms with E-state index in [1.54, 1.807) is 6.20 Å². The quantitative estimate of drug-likeness (QED) is 0.842. The second-order valence-corrected chi connectivity index (χ2v) is 5.03. The lowest BCUT2D eigenvalue weighted by molar-refractivity contribution is 0.0376. The molecule has 0 aliphatic rings. The Morgan fingerprint density at radius 1 is 1.41 bits per heavy atom. The van der Waals surface area contributed by atoms with Gasteiger partial charge in [-0.2, -0.15) is 0 Å². The van der Waals surface area contributed by atoms with Crippen LogP contribution in [0.15, 0.2) is 22.8 Å². The van der Waals surface area contributed by atoms with Gasteiger partial charge in [-0.05, 0) is 41.4 Å². The summed E-state index contributed by atoms with van der Waals surface area (Å²) in [5.41, 5.74) is 7.20. The minimum Gasteiger partial charge on any atom is -0.377 e. The van der Waals surface area contributed by atoms with Gasteiger partial charge in [-0.25, -0.2) is 0 Å². The first-order chi connectivity index (χ1) is 8.17. The Morgan fingerprint density at radius 2 is 2.18 bits per heavy atom. The molecule has 0 radical (unpaired) electrons. The van der Waals surface area contributed by atoms with Gasteiger partial charge in [0.05, 0.1) is 6.10 Å². The van der Waals surface area contributed by atoms with Crippen LogP contribution >= 0.6 is 15.9 Å². The summed E-state index contributed by atoms with van der Waals surface area (Å²) in [4.78, 5) is 4.34. The van der Waals surface area contributed by atoms with Crippen molar-refractivity contribution in [3.8, 4) is 0 Å². The van der Waals surface area contributed by atoms with E-state index in [1.807, 2.05) is 19.1 Å². The molecule has 2 unspecified atom stereocenters. The average molecular weight is 301 g/mol. The van der Waals surface area contributed by atoms with Crippen LogP contribution in [0.5, 0.6) is 0 Å². The number of hydrogen-bond donors (Lipinski definition) is 1. The number of hydrogen-bond acceptors (Lipinski definition) is 3. The normalized spacial score (nSPS) is 14.6. The Labute approximate surface area is 112 Å². The highest BCUT2D eigenvalue weighted by Gasteiger charge is 2.17. The summed E-state index contributed by atoms with van der Waals surface area (Å²) in [7, 11) is 0. The van der Waals surface area contributed by atoms with E-state index in [4.69, 9.17) is 10.5 Å². The standard InChI is InChI=1S/C13H21BrN2O/c1-3-5-13(17-4-2)12(15)8-11-7-6-10(14)9-16-11/h6-7,9,12-13H,3-5,8,15H2,1-2H3. The minimum atomic E-state index is 0.0172. The molecule has 1 heterocycles. The smallest absolute Gasteiger partial charge is 0.0729 e. The maximum Gasteiger partial charge on any atom is 0.0729 e. The highest BCUT2D eigenvalue weighted by Crippen LogP contribution is 2.12. The minimum absolute atomic E-state index is 0.0172. The van der Waals surface area contributed by atoms with Gasteiger partial charge in [-0.3, -0.25) is 4.98 Å². The molecule has 0 aliphatic heterocycles. The Kier molecular flexibility index (Phi) is 6.70. The largest absolute Gasteiger partial charge is 0.377 e. The SMILES string of the molecule is CCCC(OCC)C(N)Cc1ccc(Br)cn1. The lowest BCUT2D eigenvalue weighted by Gasteiger charge is -2.23. The predicted molar refractivity (Wildman–Crippen MR) is 73.9 cm³/mol. The Morgan fingerprint density at radius 3 is 2.71 bits per heavy atom. The summed E-state index contributed by atoms with van der Waals surface area (Å²) in [6, 6.07) is 4.01. The van der Waals surface area contributed by atoms with E-state index in [0.717, 1.165) is 29.4 Å². The van der Waals surface area contributed by atoms with Crippen LogP contribution in [-0.2, 0) is 11.2 Å². The van der Waals surface area contributed by atoms with Crippen LogP contribution in [0.1, 0.15) is 32.4 Å². The Hall–Kier alpha value is -0.450. The van der Waals surface area contributed by atoms with Crippen LogP contribution in [0.3, 0.4) is 0 Å². The highest BCUT2D eigenvalue weighted by molar-refractivity contribution is 9.10. The Balaban J connectivity index is 2.55. The molecule has 1 aromatic rings. The lowest BCUT2D eigenvalue weighted by atomic mass is 10.0. The molecule has 17 heavy (non-hydrogen) atoms. The third-order valence-electron chi connectivity index (χ3n) is 2.66. The van der Waals surface area contributed by atoms with Gasteiger partial charge in [0.2, 0.25) is 0 Å². The molecule has 0 aromatic carbocycles. The van der Waals surface area contributed by atoms with Gasteiger partial charge in [0, 0.05) is 35.4 Å². The number of nitrogens with zero attached hydrogens (tertiary/aromatic N) is 1. The molecule has 1 rings (SSSR count). The van der Waals surface area contributed by atoms with E-state index in [-0.39, 0.29) is 12.1 Å². The molecule has 2 atom stereocenters. The predicted octanol–water partition coefficient (Wildman–Crippen LogP) is 2.92. The summed E-state index contributed by atoms with van der Waals surface area (Å²) < 4.78 is 6.67. The summed E-state index contributed by atoms with van der Waals surface area (Å²) >= 11 is 3.37. The molecule has 0 fully saturated rings. The molecule has 3 nitrogen and oxygen atoms in total. The number of ether oxygens (including phenoxy) is 1. The first kappa shape index (κ1) is 14.6. The van der Waals surface area contributed by atoms with Gasteiger partial charge in [-0.1, -0.05) is 13.3 Å². The van der Waals surface area contributed by atoms with Gasteiger partial charge >= 0.3 is 0 Å². The fourth-order valence-corrected chi connectivity index (χ4v) is 2.05. The summed E-state index contributed by atoms with van der Waals surface area (Å²) in [5, 5.41) is 0. The van der Waals surface area contributed by atoms with Gasteiger partial charge < -0.3 is 10.5 Å². The summed E-state index contributed by atoms with van der Waals surface area (Å²) in [5.74, 6) is 0. The highest BCUT2D eigenvalue weighted by atomic mass is 79.9. The summed E-state index contributed by atoms with van der Waals surface area (Å²) in [6.07, 6.45) is 4.79. The molecule has 0 aliphatic carbocycles. The molecule has 0 spiro atoms. The van der Waals surface area contributed by atoms with E-state index in [9.17, 15) is 0 Å². The number of pyridine rings is 1. The number of nitrogens with two attached hydrogens (primary N) is 1. The van der Waals surface area contributed by atoms with Crippen molar-refractivity contribution < 1.29 is 4.74 Å². The topological polar surface area (TPSA) is 48.1 Å². The van der Waals surface area contributed by atoms with Crippen LogP contribution in [0.25, 0.3) is 0 Å². The molecule has 1 aromatic heterocycles. The zero-order valence-corrected chi connectivity index (χ0v) is 12.1. The third-order valence-corrected chi connectivity index (χ3v) is 3.13. The van der Waals surface area contributed by atoms with Crippen molar-refractivity contribution in [2.45, 2.75) is 45.3 Å². The molecule has 0 amide bonds. The molecule has 0 saturated heterocycles. The molecule has 0 bridgehead atoms. The molecular weight excluding hydrogens is 280 g/mol. The van der Waals surface area contributed by atoms with Crippen molar-refractivity contribution in [2.24, 2.45) is 5.73 Å². The molecule has 0 saturated carbocycles. The number of rotatable bonds is 7. The summed E-state index contributed by atoms with van der Waals surface area (Å²) in [6.45, 7) is 4.87. The zero-order chi connectivity index (χ0) is 12.7. The van der Waals surface area contributed by atoms with Gasteiger partial charge in [-0.15, -0.1) is 0 Å². The van der Waals surface area contributed by atoms with Crippen molar-refractivity contribution >= 4 is 15.9 Å². The zero-order valence-electron chi connectivity index (χ0n) is 10.5. The van der Waals surface area contributed by atoms with Crippen molar-refractivity contribution in [2.75, 3.05) is 6.61 Å². The monoisotopic (exact) mass is 300 g/mol. The van der Waals surface area contributed by atoms with Crippen LogP contribution in [0, 0.1) is 0 Å². The van der Waals surface area contributed by atoms with Gasteiger partial charge in [0.15, 0.2) is 0 Å². The van der Waals surface area contributed by atoms with Crippen LogP contribution in [-0.4, -0.2) is 23.7 Å². The van der Waals surface area contributed by atoms with Gasteiger partial charge in [0.1, 0.15) is 0 Å².